The second-order valence-corrected chi connectivity index (χ2v) is 4.99. The minimum Gasteiger partial charge on any atom is -0.322 e. The fourth-order valence-corrected chi connectivity index (χ4v) is 2.13. The van der Waals surface area contributed by atoms with Crippen molar-refractivity contribution >= 4 is 23.2 Å². The Bertz CT molecular complexity index is 638. The van der Waals surface area contributed by atoms with E-state index in [1.807, 2.05) is 39.0 Å². The molecule has 1 N–H and O–H groups in total. The predicted octanol–water partition coefficient (Wildman–Crippen LogP) is 3.91. The predicted molar refractivity (Wildman–Crippen MR) is 77.9 cm³/mol. The highest BCUT2D eigenvalue weighted by Gasteiger charge is 2.12. The lowest BCUT2D eigenvalue weighted by Crippen LogP contribution is -2.14. The maximum Gasteiger partial charge on any atom is 0.258 e. The molecule has 0 atom stereocenters. The van der Waals surface area contributed by atoms with Crippen molar-refractivity contribution in [2.75, 3.05) is 5.32 Å². The number of halogens is 1. The normalized spacial score (nSPS) is 10.3. The molecule has 1 amide bonds. The zero-order valence-corrected chi connectivity index (χ0v) is 11.9. The second-order valence-electron chi connectivity index (χ2n) is 4.58. The van der Waals surface area contributed by atoms with Crippen molar-refractivity contribution < 1.29 is 4.79 Å². The van der Waals surface area contributed by atoms with E-state index in [1.165, 1.54) is 6.20 Å². The molecule has 0 saturated carbocycles. The van der Waals surface area contributed by atoms with Gasteiger partial charge in [0, 0.05) is 17.6 Å². The van der Waals surface area contributed by atoms with Gasteiger partial charge in [-0.2, -0.15) is 0 Å². The van der Waals surface area contributed by atoms with E-state index in [-0.39, 0.29) is 5.91 Å². The molecule has 0 spiro atoms. The molecule has 1 aromatic heterocycles. The Labute approximate surface area is 117 Å². The number of rotatable bonds is 2. The fraction of sp³-hybridized carbons (Fsp3) is 0.200. The summed E-state index contributed by atoms with van der Waals surface area (Å²) in [5, 5.41) is 3.26. The van der Waals surface area contributed by atoms with Crippen LogP contribution < -0.4 is 5.32 Å². The average molecular weight is 275 g/mol. The van der Waals surface area contributed by atoms with Crippen LogP contribution >= 0.6 is 11.6 Å². The van der Waals surface area contributed by atoms with Crippen molar-refractivity contribution in [3.63, 3.8) is 0 Å². The van der Waals surface area contributed by atoms with Gasteiger partial charge in [-0.3, -0.25) is 9.78 Å². The minimum absolute atomic E-state index is 0.246. The average Bonchev–Trinajstić information content (AvgIpc) is 2.32. The van der Waals surface area contributed by atoms with Crippen LogP contribution in [0.4, 0.5) is 5.69 Å². The van der Waals surface area contributed by atoms with Gasteiger partial charge >= 0.3 is 0 Å². The van der Waals surface area contributed by atoms with E-state index in [9.17, 15) is 4.79 Å². The highest BCUT2D eigenvalue weighted by molar-refractivity contribution is 6.34. The lowest BCUT2D eigenvalue weighted by Gasteiger charge is -2.10. The summed E-state index contributed by atoms with van der Waals surface area (Å²) in [6, 6.07) is 7.54. The Kier molecular flexibility index (Phi) is 3.86. The van der Waals surface area contributed by atoms with Crippen molar-refractivity contribution in [3.05, 3.63) is 57.9 Å². The molecule has 0 aliphatic rings. The summed E-state index contributed by atoms with van der Waals surface area (Å²) < 4.78 is 0. The van der Waals surface area contributed by atoms with Gasteiger partial charge < -0.3 is 5.32 Å². The standard InChI is InChI=1S/C15H15ClN2O/c1-9-4-5-14(10(2)6-9)18-15(19)12-8-17-11(3)7-13(12)16/h4-8H,1-3H3,(H,18,19). The van der Waals surface area contributed by atoms with E-state index in [0.717, 1.165) is 22.5 Å². The van der Waals surface area contributed by atoms with Crippen molar-refractivity contribution in [2.24, 2.45) is 0 Å². The lowest BCUT2D eigenvalue weighted by atomic mass is 10.1. The van der Waals surface area contributed by atoms with E-state index in [2.05, 4.69) is 10.3 Å². The van der Waals surface area contributed by atoms with Gasteiger partial charge in [-0.1, -0.05) is 29.3 Å². The number of hydrogen-bond donors (Lipinski definition) is 1. The van der Waals surface area contributed by atoms with E-state index in [1.54, 1.807) is 6.07 Å². The Morgan fingerprint density at radius 2 is 1.95 bits per heavy atom. The molecule has 1 aromatic carbocycles. The molecule has 0 unspecified atom stereocenters. The molecule has 3 nitrogen and oxygen atoms in total. The third kappa shape index (κ3) is 3.12. The highest BCUT2D eigenvalue weighted by Crippen LogP contribution is 2.20. The molecule has 0 bridgehead atoms. The Balaban J connectivity index is 2.25. The number of hydrogen-bond acceptors (Lipinski definition) is 2. The third-order valence-corrected chi connectivity index (χ3v) is 3.18. The lowest BCUT2D eigenvalue weighted by molar-refractivity contribution is 0.102. The van der Waals surface area contributed by atoms with Gasteiger partial charge in [0.25, 0.3) is 5.91 Å². The van der Waals surface area contributed by atoms with Gasteiger partial charge in [0.05, 0.1) is 10.6 Å². The summed E-state index contributed by atoms with van der Waals surface area (Å²) in [7, 11) is 0. The molecule has 1 heterocycles. The number of aryl methyl sites for hydroxylation is 3. The summed E-state index contributed by atoms with van der Waals surface area (Å²) in [4.78, 5) is 16.2. The topological polar surface area (TPSA) is 42.0 Å². The number of anilines is 1. The first-order valence-electron chi connectivity index (χ1n) is 5.98. The van der Waals surface area contributed by atoms with Crippen LogP contribution in [0.25, 0.3) is 0 Å². The molecule has 0 fully saturated rings. The van der Waals surface area contributed by atoms with Crippen LogP contribution in [0, 0.1) is 20.8 Å². The van der Waals surface area contributed by atoms with Crippen LogP contribution in [-0.2, 0) is 0 Å². The molecule has 2 aromatic rings. The second kappa shape index (κ2) is 5.41. The first-order valence-corrected chi connectivity index (χ1v) is 6.36. The van der Waals surface area contributed by atoms with E-state index >= 15 is 0 Å². The van der Waals surface area contributed by atoms with Gasteiger partial charge in [0.2, 0.25) is 0 Å². The maximum absolute atomic E-state index is 12.1. The Morgan fingerprint density at radius 1 is 1.21 bits per heavy atom. The SMILES string of the molecule is Cc1ccc(NC(=O)c2cnc(C)cc2Cl)c(C)c1. The largest absolute Gasteiger partial charge is 0.322 e. The van der Waals surface area contributed by atoms with Crippen molar-refractivity contribution in [1.29, 1.82) is 0 Å². The maximum atomic E-state index is 12.1. The number of nitrogens with one attached hydrogen (secondary N) is 1. The number of nitrogens with zero attached hydrogens (tertiary/aromatic N) is 1. The molecule has 4 heteroatoms. The van der Waals surface area contributed by atoms with E-state index in [0.29, 0.717) is 10.6 Å². The summed E-state index contributed by atoms with van der Waals surface area (Å²) in [5.74, 6) is -0.246. The first-order chi connectivity index (χ1) is 8.97. The quantitative estimate of drug-likeness (QED) is 0.902. The summed E-state index contributed by atoms with van der Waals surface area (Å²) in [5.41, 5.74) is 4.13. The molecule has 0 aliphatic carbocycles. The van der Waals surface area contributed by atoms with Gasteiger partial charge in [-0.05, 0) is 38.5 Å². The molecule has 0 aliphatic heterocycles. The van der Waals surface area contributed by atoms with Crippen molar-refractivity contribution in [2.45, 2.75) is 20.8 Å². The number of aromatic nitrogens is 1. The van der Waals surface area contributed by atoms with Crippen LogP contribution in [0.15, 0.2) is 30.5 Å². The minimum atomic E-state index is -0.246. The number of carbonyl (C=O) groups excluding carboxylic acids is 1. The van der Waals surface area contributed by atoms with Crippen molar-refractivity contribution in [1.82, 2.24) is 4.98 Å². The Hall–Kier alpha value is -1.87. The molecular weight excluding hydrogens is 260 g/mol. The number of amides is 1. The summed E-state index contributed by atoms with van der Waals surface area (Å²) >= 11 is 6.05. The van der Waals surface area contributed by atoms with Gasteiger partial charge in [0.15, 0.2) is 0 Å². The zero-order chi connectivity index (χ0) is 14.0. The van der Waals surface area contributed by atoms with Gasteiger partial charge in [-0.15, -0.1) is 0 Å². The van der Waals surface area contributed by atoms with Crippen LogP contribution in [0.1, 0.15) is 27.2 Å². The molecule has 19 heavy (non-hydrogen) atoms. The number of pyridine rings is 1. The number of benzene rings is 1. The number of carbonyl (C=O) groups is 1. The highest BCUT2D eigenvalue weighted by atomic mass is 35.5. The van der Waals surface area contributed by atoms with Gasteiger partial charge in [0.1, 0.15) is 0 Å². The first kappa shape index (κ1) is 13.6. The van der Waals surface area contributed by atoms with Crippen molar-refractivity contribution in [3.8, 4) is 0 Å². The molecule has 98 valence electrons. The zero-order valence-electron chi connectivity index (χ0n) is 11.1. The third-order valence-electron chi connectivity index (χ3n) is 2.86. The van der Waals surface area contributed by atoms with Crippen LogP contribution in [0.3, 0.4) is 0 Å². The Morgan fingerprint density at radius 3 is 2.58 bits per heavy atom. The fourth-order valence-electron chi connectivity index (χ4n) is 1.84. The molecule has 2 rings (SSSR count). The van der Waals surface area contributed by atoms with E-state index < -0.39 is 0 Å². The molecule has 0 saturated heterocycles. The van der Waals surface area contributed by atoms with Gasteiger partial charge in [-0.25, -0.2) is 0 Å². The molecule has 0 radical (unpaired) electrons. The van der Waals surface area contributed by atoms with Crippen LogP contribution in [-0.4, -0.2) is 10.9 Å². The molecular formula is C15H15ClN2O. The van der Waals surface area contributed by atoms with Crippen LogP contribution in [0.2, 0.25) is 5.02 Å². The van der Waals surface area contributed by atoms with Crippen LogP contribution in [0.5, 0.6) is 0 Å². The van der Waals surface area contributed by atoms with E-state index in [4.69, 9.17) is 11.6 Å². The smallest absolute Gasteiger partial charge is 0.258 e. The summed E-state index contributed by atoms with van der Waals surface area (Å²) in [6.45, 7) is 5.80. The summed E-state index contributed by atoms with van der Waals surface area (Å²) in [6.07, 6.45) is 1.50. The monoisotopic (exact) mass is 274 g/mol.